The number of aromatic amines is 1. The fourth-order valence-electron chi connectivity index (χ4n) is 2.87. The number of H-pyrrole nitrogens is 1. The Morgan fingerprint density at radius 1 is 1.38 bits per heavy atom. The molecule has 1 saturated heterocycles. The second-order valence-electron chi connectivity index (χ2n) is 5.66. The number of carbonyl (C=O) groups is 1. The minimum absolute atomic E-state index is 0.106. The van der Waals surface area contributed by atoms with Crippen LogP contribution < -0.4 is 10.9 Å². The van der Waals surface area contributed by atoms with Crippen LogP contribution in [0.15, 0.2) is 4.79 Å². The van der Waals surface area contributed by atoms with Crippen molar-refractivity contribution in [2.75, 3.05) is 19.6 Å². The van der Waals surface area contributed by atoms with E-state index in [1.54, 1.807) is 6.92 Å². The van der Waals surface area contributed by atoms with Crippen molar-refractivity contribution in [1.82, 2.24) is 20.2 Å². The average molecular weight is 292 g/mol. The smallest absolute Gasteiger partial charge is 0.255 e. The average Bonchev–Trinajstić information content (AvgIpc) is 2.91. The summed E-state index contributed by atoms with van der Waals surface area (Å²) >= 11 is 0. The van der Waals surface area contributed by atoms with Crippen molar-refractivity contribution in [3.63, 3.8) is 0 Å². The highest BCUT2D eigenvalue weighted by Gasteiger charge is 2.18. The molecule has 0 radical (unpaired) electrons. The molecule has 1 aliphatic heterocycles. The zero-order valence-electron chi connectivity index (χ0n) is 13.0. The van der Waals surface area contributed by atoms with Gasteiger partial charge in [-0.1, -0.05) is 0 Å². The summed E-state index contributed by atoms with van der Waals surface area (Å²) in [5.41, 5.74) is 1.28. The van der Waals surface area contributed by atoms with Crippen LogP contribution >= 0.6 is 0 Å². The first-order valence-corrected chi connectivity index (χ1v) is 7.57. The normalized spacial score (nSPS) is 16.2. The molecule has 1 aromatic rings. The van der Waals surface area contributed by atoms with Gasteiger partial charge in [-0.3, -0.25) is 9.59 Å². The minimum Gasteiger partial charge on any atom is -0.343 e. The maximum Gasteiger partial charge on any atom is 0.255 e. The second kappa shape index (κ2) is 6.85. The predicted octanol–water partition coefficient (Wildman–Crippen LogP) is 1.05. The van der Waals surface area contributed by atoms with E-state index in [4.69, 9.17) is 0 Å². The van der Waals surface area contributed by atoms with Gasteiger partial charge in [-0.05, 0) is 33.6 Å². The maximum atomic E-state index is 12.0. The number of nitrogens with zero attached hydrogens (tertiary/aromatic N) is 2. The highest BCUT2D eigenvalue weighted by Crippen LogP contribution is 2.12. The van der Waals surface area contributed by atoms with Gasteiger partial charge in [0.1, 0.15) is 5.82 Å². The van der Waals surface area contributed by atoms with Gasteiger partial charge in [0.05, 0.1) is 5.56 Å². The van der Waals surface area contributed by atoms with Crippen LogP contribution in [-0.2, 0) is 4.79 Å². The monoisotopic (exact) mass is 292 g/mol. The van der Waals surface area contributed by atoms with Crippen molar-refractivity contribution in [2.45, 2.75) is 46.1 Å². The summed E-state index contributed by atoms with van der Waals surface area (Å²) in [7, 11) is 0. The molecule has 1 fully saturated rings. The number of likely N-dealkylation sites (tertiary alicyclic amines) is 1. The van der Waals surface area contributed by atoms with Crippen molar-refractivity contribution in [1.29, 1.82) is 0 Å². The number of carbonyl (C=O) groups excluding carboxylic acids is 1. The van der Waals surface area contributed by atoms with Gasteiger partial charge in [-0.15, -0.1) is 0 Å². The Labute approximate surface area is 125 Å². The third kappa shape index (κ3) is 3.91. The molecule has 1 atom stereocenters. The third-order valence-corrected chi connectivity index (χ3v) is 3.95. The molecule has 0 aromatic carbocycles. The summed E-state index contributed by atoms with van der Waals surface area (Å²) in [6, 6.07) is -0.117. The quantitative estimate of drug-likeness (QED) is 0.850. The molecule has 1 amide bonds. The van der Waals surface area contributed by atoms with Crippen LogP contribution in [0.3, 0.4) is 0 Å². The van der Waals surface area contributed by atoms with E-state index in [-0.39, 0.29) is 17.5 Å². The number of aryl methyl sites for hydroxylation is 2. The van der Waals surface area contributed by atoms with E-state index in [0.717, 1.165) is 31.6 Å². The number of aromatic nitrogens is 2. The number of hydrogen-bond donors (Lipinski definition) is 2. The summed E-state index contributed by atoms with van der Waals surface area (Å²) in [4.78, 5) is 32.9. The Bertz CT molecular complexity index is 561. The van der Waals surface area contributed by atoms with E-state index in [2.05, 4.69) is 15.3 Å². The van der Waals surface area contributed by atoms with Crippen LogP contribution in [0.5, 0.6) is 0 Å². The van der Waals surface area contributed by atoms with E-state index in [0.29, 0.717) is 24.4 Å². The number of amides is 1. The molecule has 0 aliphatic carbocycles. The topological polar surface area (TPSA) is 78.1 Å². The highest BCUT2D eigenvalue weighted by molar-refractivity contribution is 5.76. The van der Waals surface area contributed by atoms with Crippen molar-refractivity contribution in [3.8, 4) is 0 Å². The van der Waals surface area contributed by atoms with Crippen LogP contribution in [0.4, 0.5) is 0 Å². The first-order chi connectivity index (χ1) is 9.99. The fraction of sp³-hybridized carbons (Fsp3) is 0.667. The lowest BCUT2D eigenvalue weighted by atomic mass is 10.1. The fourth-order valence-corrected chi connectivity index (χ4v) is 2.87. The van der Waals surface area contributed by atoms with E-state index < -0.39 is 0 Å². The molecule has 1 aliphatic rings. The van der Waals surface area contributed by atoms with E-state index in [9.17, 15) is 9.59 Å². The van der Waals surface area contributed by atoms with E-state index in [1.165, 1.54) is 0 Å². The zero-order valence-corrected chi connectivity index (χ0v) is 13.0. The molecule has 6 heteroatoms. The standard InChI is InChI=1S/C15H24N4O2/c1-10(14-11(2)17-12(3)18-15(14)21)16-7-6-13(20)19-8-4-5-9-19/h10,16H,4-9H2,1-3H3,(H,17,18,21). The van der Waals surface area contributed by atoms with Crippen LogP contribution in [0.1, 0.15) is 49.3 Å². The van der Waals surface area contributed by atoms with Crippen LogP contribution in [-0.4, -0.2) is 40.4 Å². The Morgan fingerprint density at radius 3 is 2.67 bits per heavy atom. The number of nitrogens with one attached hydrogen (secondary N) is 2. The summed E-state index contributed by atoms with van der Waals surface area (Å²) in [6.45, 7) is 7.87. The molecule has 2 rings (SSSR count). The maximum absolute atomic E-state index is 12.0. The molecule has 2 N–H and O–H groups in total. The van der Waals surface area contributed by atoms with Gasteiger partial charge in [0, 0.05) is 37.8 Å². The summed E-state index contributed by atoms with van der Waals surface area (Å²) in [5.74, 6) is 0.817. The zero-order chi connectivity index (χ0) is 15.4. The Morgan fingerprint density at radius 2 is 2.05 bits per heavy atom. The van der Waals surface area contributed by atoms with Crippen LogP contribution in [0.25, 0.3) is 0 Å². The Hall–Kier alpha value is -1.69. The lowest BCUT2D eigenvalue weighted by molar-refractivity contribution is -0.130. The van der Waals surface area contributed by atoms with Gasteiger partial charge in [0.15, 0.2) is 0 Å². The second-order valence-corrected chi connectivity index (χ2v) is 5.66. The van der Waals surface area contributed by atoms with Gasteiger partial charge in [-0.25, -0.2) is 4.98 Å². The van der Waals surface area contributed by atoms with Gasteiger partial charge in [0.25, 0.3) is 5.56 Å². The van der Waals surface area contributed by atoms with Gasteiger partial charge in [0.2, 0.25) is 5.91 Å². The number of rotatable bonds is 5. The molecule has 0 spiro atoms. The first-order valence-electron chi connectivity index (χ1n) is 7.57. The first kappa shape index (κ1) is 15.7. The molecule has 6 nitrogen and oxygen atoms in total. The largest absolute Gasteiger partial charge is 0.343 e. The predicted molar refractivity (Wildman–Crippen MR) is 81.2 cm³/mol. The molecule has 2 heterocycles. The SMILES string of the molecule is Cc1nc(C)c(C(C)NCCC(=O)N2CCCC2)c(=O)[nH]1. The molecule has 0 saturated carbocycles. The van der Waals surface area contributed by atoms with Gasteiger partial charge in [-0.2, -0.15) is 0 Å². The van der Waals surface area contributed by atoms with Crippen molar-refractivity contribution >= 4 is 5.91 Å². The minimum atomic E-state index is -0.117. The Balaban J connectivity index is 1.89. The van der Waals surface area contributed by atoms with Crippen molar-refractivity contribution in [3.05, 3.63) is 27.4 Å². The highest BCUT2D eigenvalue weighted by atomic mass is 16.2. The van der Waals surface area contributed by atoms with Crippen LogP contribution in [0, 0.1) is 13.8 Å². The molecule has 0 bridgehead atoms. The molecule has 1 unspecified atom stereocenters. The Kier molecular flexibility index (Phi) is 5.12. The van der Waals surface area contributed by atoms with E-state index in [1.807, 2.05) is 18.7 Å². The molecular weight excluding hydrogens is 268 g/mol. The summed E-state index contributed by atoms with van der Waals surface area (Å²) in [5, 5.41) is 3.25. The molecular formula is C15H24N4O2. The summed E-state index contributed by atoms with van der Waals surface area (Å²) in [6.07, 6.45) is 2.69. The molecule has 116 valence electrons. The third-order valence-electron chi connectivity index (χ3n) is 3.95. The van der Waals surface area contributed by atoms with Crippen molar-refractivity contribution < 1.29 is 4.79 Å². The van der Waals surface area contributed by atoms with E-state index >= 15 is 0 Å². The lowest BCUT2D eigenvalue weighted by Crippen LogP contribution is -2.33. The molecule has 21 heavy (non-hydrogen) atoms. The summed E-state index contributed by atoms with van der Waals surface area (Å²) < 4.78 is 0. The lowest BCUT2D eigenvalue weighted by Gasteiger charge is -2.18. The van der Waals surface area contributed by atoms with Crippen LogP contribution in [0.2, 0.25) is 0 Å². The van der Waals surface area contributed by atoms with Crippen molar-refractivity contribution in [2.24, 2.45) is 0 Å². The molecule has 1 aromatic heterocycles. The number of hydrogen-bond acceptors (Lipinski definition) is 4. The van der Waals surface area contributed by atoms with Gasteiger partial charge < -0.3 is 15.2 Å². The van der Waals surface area contributed by atoms with Gasteiger partial charge >= 0.3 is 0 Å².